The van der Waals surface area contributed by atoms with Crippen molar-refractivity contribution >= 4 is 0 Å². The van der Waals surface area contributed by atoms with Gasteiger partial charge < -0.3 is 5.32 Å². The standard InChI is InChI=1S/C16H24N2/c1-2-18(16-5-3-4-6-16)12-13-7-8-14-10-17-11-15(14)9-13/h7-9,16-17H,2-6,10-12H2,1H3. The largest absolute Gasteiger partial charge is 0.309 e. The van der Waals surface area contributed by atoms with Gasteiger partial charge in [0.25, 0.3) is 0 Å². The normalized spacial score (nSPS) is 19.7. The first-order chi connectivity index (χ1) is 8.86. The second kappa shape index (κ2) is 5.41. The lowest BCUT2D eigenvalue weighted by Gasteiger charge is -2.27. The van der Waals surface area contributed by atoms with Crippen molar-refractivity contribution in [1.29, 1.82) is 0 Å². The number of fused-ring (bicyclic) bond motifs is 1. The molecule has 0 bridgehead atoms. The van der Waals surface area contributed by atoms with Crippen LogP contribution < -0.4 is 5.32 Å². The summed E-state index contributed by atoms with van der Waals surface area (Å²) >= 11 is 0. The summed E-state index contributed by atoms with van der Waals surface area (Å²) in [4.78, 5) is 2.66. The van der Waals surface area contributed by atoms with Gasteiger partial charge in [-0.15, -0.1) is 0 Å². The first kappa shape index (κ1) is 12.2. The molecule has 3 rings (SSSR count). The van der Waals surface area contributed by atoms with Crippen molar-refractivity contribution in [3.05, 3.63) is 34.9 Å². The third-order valence-corrected chi connectivity index (χ3v) is 4.53. The summed E-state index contributed by atoms with van der Waals surface area (Å²) in [7, 11) is 0. The van der Waals surface area contributed by atoms with Gasteiger partial charge in [-0.05, 0) is 36.1 Å². The highest BCUT2D eigenvalue weighted by Gasteiger charge is 2.21. The lowest BCUT2D eigenvalue weighted by atomic mass is 10.1. The van der Waals surface area contributed by atoms with Gasteiger partial charge in [0.1, 0.15) is 0 Å². The molecule has 1 aromatic rings. The smallest absolute Gasteiger partial charge is 0.0236 e. The van der Waals surface area contributed by atoms with E-state index in [1.165, 1.54) is 48.9 Å². The van der Waals surface area contributed by atoms with E-state index < -0.39 is 0 Å². The van der Waals surface area contributed by atoms with E-state index in [1.54, 1.807) is 0 Å². The van der Waals surface area contributed by atoms with Gasteiger partial charge in [0, 0.05) is 25.7 Å². The van der Waals surface area contributed by atoms with Crippen LogP contribution >= 0.6 is 0 Å². The van der Waals surface area contributed by atoms with Gasteiger partial charge in [-0.2, -0.15) is 0 Å². The Morgan fingerprint density at radius 1 is 1.17 bits per heavy atom. The van der Waals surface area contributed by atoms with Gasteiger partial charge in [0.05, 0.1) is 0 Å². The van der Waals surface area contributed by atoms with Crippen molar-refractivity contribution in [2.24, 2.45) is 0 Å². The van der Waals surface area contributed by atoms with Crippen molar-refractivity contribution in [3.63, 3.8) is 0 Å². The molecule has 0 unspecified atom stereocenters. The number of nitrogens with one attached hydrogen (secondary N) is 1. The Morgan fingerprint density at radius 3 is 2.72 bits per heavy atom. The highest BCUT2D eigenvalue weighted by atomic mass is 15.1. The topological polar surface area (TPSA) is 15.3 Å². The van der Waals surface area contributed by atoms with E-state index in [0.29, 0.717) is 0 Å². The summed E-state index contributed by atoms with van der Waals surface area (Å²) in [5.74, 6) is 0. The molecule has 0 radical (unpaired) electrons. The van der Waals surface area contributed by atoms with Gasteiger partial charge in [-0.25, -0.2) is 0 Å². The number of benzene rings is 1. The molecule has 0 saturated heterocycles. The Morgan fingerprint density at radius 2 is 1.94 bits per heavy atom. The SMILES string of the molecule is CCN(Cc1ccc2c(c1)CNC2)C1CCCC1. The zero-order valence-electron chi connectivity index (χ0n) is 11.4. The summed E-state index contributed by atoms with van der Waals surface area (Å²) in [6, 6.07) is 7.88. The van der Waals surface area contributed by atoms with Crippen molar-refractivity contribution in [2.45, 2.75) is 58.3 Å². The molecule has 2 nitrogen and oxygen atoms in total. The van der Waals surface area contributed by atoms with E-state index in [1.807, 2.05) is 0 Å². The molecule has 0 aromatic heterocycles. The van der Waals surface area contributed by atoms with E-state index in [-0.39, 0.29) is 0 Å². The van der Waals surface area contributed by atoms with E-state index in [2.05, 4.69) is 35.3 Å². The Bertz CT molecular complexity index is 408. The predicted molar refractivity (Wildman–Crippen MR) is 75.3 cm³/mol. The summed E-state index contributed by atoms with van der Waals surface area (Å²) in [5.41, 5.74) is 4.49. The Hall–Kier alpha value is -0.860. The minimum atomic E-state index is 0.835. The monoisotopic (exact) mass is 244 g/mol. The van der Waals surface area contributed by atoms with Crippen LogP contribution in [-0.2, 0) is 19.6 Å². The Labute approximate surface area is 110 Å². The molecular weight excluding hydrogens is 220 g/mol. The van der Waals surface area contributed by atoms with Gasteiger partial charge in [-0.1, -0.05) is 38.0 Å². The van der Waals surface area contributed by atoms with Crippen LogP contribution in [0.5, 0.6) is 0 Å². The number of hydrogen-bond acceptors (Lipinski definition) is 2. The number of nitrogens with zero attached hydrogens (tertiary/aromatic N) is 1. The van der Waals surface area contributed by atoms with Crippen molar-refractivity contribution in [1.82, 2.24) is 10.2 Å². The molecular formula is C16H24N2. The van der Waals surface area contributed by atoms with Gasteiger partial charge in [0.15, 0.2) is 0 Å². The number of rotatable bonds is 4. The molecule has 1 aliphatic carbocycles. The maximum atomic E-state index is 3.42. The summed E-state index contributed by atoms with van der Waals surface area (Å²) < 4.78 is 0. The molecule has 98 valence electrons. The van der Waals surface area contributed by atoms with Crippen LogP contribution in [0.15, 0.2) is 18.2 Å². The summed E-state index contributed by atoms with van der Waals surface area (Å²) in [6.45, 7) is 6.72. The van der Waals surface area contributed by atoms with Crippen LogP contribution in [0.3, 0.4) is 0 Å². The Kier molecular flexibility index (Phi) is 3.67. The number of hydrogen-bond donors (Lipinski definition) is 1. The lowest BCUT2D eigenvalue weighted by molar-refractivity contribution is 0.200. The van der Waals surface area contributed by atoms with Crippen LogP contribution in [-0.4, -0.2) is 17.5 Å². The van der Waals surface area contributed by atoms with E-state index in [0.717, 1.165) is 25.7 Å². The molecule has 0 amide bonds. The van der Waals surface area contributed by atoms with Gasteiger partial charge in [-0.3, -0.25) is 4.90 Å². The van der Waals surface area contributed by atoms with Crippen LogP contribution in [0.1, 0.15) is 49.3 Å². The minimum absolute atomic E-state index is 0.835. The van der Waals surface area contributed by atoms with Crippen LogP contribution in [0.4, 0.5) is 0 Å². The van der Waals surface area contributed by atoms with Crippen molar-refractivity contribution < 1.29 is 0 Å². The molecule has 1 saturated carbocycles. The fourth-order valence-corrected chi connectivity index (χ4v) is 3.45. The average molecular weight is 244 g/mol. The van der Waals surface area contributed by atoms with Crippen LogP contribution in [0.25, 0.3) is 0 Å². The van der Waals surface area contributed by atoms with Crippen LogP contribution in [0.2, 0.25) is 0 Å². The first-order valence-corrected chi connectivity index (χ1v) is 7.42. The van der Waals surface area contributed by atoms with E-state index in [9.17, 15) is 0 Å². The third-order valence-electron chi connectivity index (χ3n) is 4.53. The Balaban J connectivity index is 1.70. The zero-order chi connectivity index (χ0) is 12.4. The van der Waals surface area contributed by atoms with Crippen LogP contribution in [0, 0.1) is 0 Å². The zero-order valence-corrected chi connectivity index (χ0v) is 11.4. The molecule has 0 atom stereocenters. The van der Waals surface area contributed by atoms with Crippen molar-refractivity contribution in [3.8, 4) is 0 Å². The summed E-state index contributed by atoms with van der Waals surface area (Å²) in [5, 5.41) is 3.42. The molecule has 1 N–H and O–H groups in total. The highest BCUT2D eigenvalue weighted by Crippen LogP contribution is 2.25. The average Bonchev–Trinajstić information content (AvgIpc) is 3.06. The predicted octanol–water partition coefficient (Wildman–Crippen LogP) is 3.05. The molecule has 1 heterocycles. The van der Waals surface area contributed by atoms with Crippen molar-refractivity contribution in [2.75, 3.05) is 6.54 Å². The van der Waals surface area contributed by atoms with E-state index in [4.69, 9.17) is 0 Å². The quantitative estimate of drug-likeness (QED) is 0.875. The molecule has 1 aliphatic heterocycles. The van der Waals surface area contributed by atoms with E-state index >= 15 is 0 Å². The molecule has 0 spiro atoms. The molecule has 2 heteroatoms. The second-order valence-electron chi connectivity index (χ2n) is 5.71. The van der Waals surface area contributed by atoms with Gasteiger partial charge in [0.2, 0.25) is 0 Å². The molecule has 1 fully saturated rings. The molecule has 2 aliphatic rings. The molecule has 1 aromatic carbocycles. The lowest BCUT2D eigenvalue weighted by Crippen LogP contribution is -2.32. The fraction of sp³-hybridized carbons (Fsp3) is 0.625. The first-order valence-electron chi connectivity index (χ1n) is 7.42. The minimum Gasteiger partial charge on any atom is -0.309 e. The highest BCUT2D eigenvalue weighted by molar-refractivity contribution is 5.34. The fourth-order valence-electron chi connectivity index (χ4n) is 3.45. The summed E-state index contributed by atoms with van der Waals surface area (Å²) in [6.07, 6.45) is 5.66. The van der Waals surface area contributed by atoms with Gasteiger partial charge >= 0.3 is 0 Å². The molecule has 18 heavy (non-hydrogen) atoms. The second-order valence-corrected chi connectivity index (χ2v) is 5.71. The maximum absolute atomic E-state index is 3.42. The third kappa shape index (κ3) is 2.45. The maximum Gasteiger partial charge on any atom is 0.0236 e.